The molecule has 1 saturated carbocycles. The second-order valence-corrected chi connectivity index (χ2v) is 5.35. The van der Waals surface area contributed by atoms with E-state index in [0.29, 0.717) is 12.3 Å². The van der Waals surface area contributed by atoms with E-state index in [9.17, 15) is 14.4 Å². The molecule has 1 fully saturated rings. The number of rotatable bonds is 8. The molecule has 0 aromatic heterocycles. The molecule has 0 radical (unpaired) electrons. The zero-order chi connectivity index (χ0) is 15.7. The number of carboxylic acid groups (broad SMARTS) is 1. The van der Waals surface area contributed by atoms with E-state index in [1.54, 1.807) is 0 Å². The second kappa shape index (κ2) is 9.33. The van der Waals surface area contributed by atoms with E-state index in [1.807, 2.05) is 0 Å². The number of methoxy groups -OCH3 is 1. The van der Waals surface area contributed by atoms with E-state index in [0.717, 1.165) is 12.8 Å². The summed E-state index contributed by atoms with van der Waals surface area (Å²) in [5.41, 5.74) is 0. The van der Waals surface area contributed by atoms with Gasteiger partial charge in [0.15, 0.2) is 6.10 Å². The average molecular weight is 300 g/mol. The van der Waals surface area contributed by atoms with Crippen molar-refractivity contribution >= 4 is 17.8 Å². The van der Waals surface area contributed by atoms with Gasteiger partial charge in [0.25, 0.3) is 0 Å². The number of carboxylic acids is 1. The molecule has 0 saturated heterocycles. The molecule has 3 N–H and O–H groups in total. The number of carbonyl (C=O) groups excluding carboxylic acids is 2. The largest absolute Gasteiger partial charge is 0.479 e. The third-order valence-electron chi connectivity index (χ3n) is 3.69. The average Bonchev–Trinajstić information content (AvgIpc) is 2.46. The van der Waals surface area contributed by atoms with Crippen LogP contribution in [-0.2, 0) is 19.1 Å². The van der Waals surface area contributed by atoms with Gasteiger partial charge in [-0.1, -0.05) is 19.3 Å². The smallest absolute Gasteiger partial charge is 0.334 e. The van der Waals surface area contributed by atoms with E-state index in [1.165, 1.54) is 26.4 Å². The fraction of sp³-hybridized carbons (Fsp3) is 0.786. The minimum Gasteiger partial charge on any atom is -0.479 e. The molecule has 21 heavy (non-hydrogen) atoms. The minimum atomic E-state index is -1.14. The van der Waals surface area contributed by atoms with Crippen molar-refractivity contribution in [2.24, 2.45) is 5.92 Å². The normalized spacial score (nSPS) is 17.0. The van der Waals surface area contributed by atoms with Gasteiger partial charge in [-0.2, -0.15) is 0 Å². The van der Waals surface area contributed by atoms with Crippen LogP contribution in [0.15, 0.2) is 0 Å². The van der Waals surface area contributed by atoms with Crippen LogP contribution in [0.2, 0.25) is 0 Å². The van der Waals surface area contributed by atoms with E-state index < -0.39 is 18.0 Å². The quantitative estimate of drug-likeness (QED) is 0.597. The Morgan fingerprint density at radius 1 is 1.14 bits per heavy atom. The summed E-state index contributed by atoms with van der Waals surface area (Å²) in [5, 5.41) is 13.7. The molecule has 120 valence electrons. The van der Waals surface area contributed by atoms with Gasteiger partial charge < -0.3 is 20.5 Å². The number of ether oxygens (including phenoxy) is 1. The zero-order valence-electron chi connectivity index (χ0n) is 12.4. The first-order chi connectivity index (χ1) is 10.0. The fourth-order valence-corrected chi connectivity index (χ4v) is 2.44. The van der Waals surface area contributed by atoms with Gasteiger partial charge in [-0.3, -0.25) is 9.59 Å². The van der Waals surface area contributed by atoms with Crippen LogP contribution < -0.4 is 10.6 Å². The number of carbonyl (C=O) groups is 3. The first-order valence-electron chi connectivity index (χ1n) is 7.32. The molecule has 0 bridgehead atoms. The lowest BCUT2D eigenvalue weighted by Gasteiger charge is -2.20. The topological polar surface area (TPSA) is 105 Å². The number of nitrogens with one attached hydrogen (secondary N) is 2. The summed E-state index contributed by atoms with van der Waals surface area (Å²) in [7, 11) is 1.26. The summed E-state index contributed by atoms with van der Waals surface area (Å²) >= 11 is 0. The molecule has 0 heterocycles. The predicted octanol–water partition coefficient (Wildman–Crippen LogP) is 0.289. The highest BCUT2D eigenvalue weighted by atomic mass is 16.5. The van der Waals surface area contributed by atoms with Crippen LogP contribution in [0, 0.1) is 5.92 Å². The van der Waals surface area contributed by atoms with Crippen molar-refractivity contribution in [3.05, 3.63) is 0 Å². The Balaban J connectivity index is 2.16. The summed E-state index contributed by atoms with van der Waals surface area (Å²) in [4.78, 5) is 33.9. The van der Waals surface area contributed by atoms with Crippen LogP contribution in [0.1, 0.15) is 38.5 Å². The van der Waals surface area contributed by atoms with Crippen LogP contribution in [0.3, 0.4) is 0 Å². The molecule has 0 aromatic rings. The molecule has 1 aliphatic carbocycles. The third kappa shape index (κ3) is 7.08. The summed E-state index contributed by atoms with van der Waals surface area (Å²) in [6.07, 6.45) is 5.12. The SMILES string of the molecule is COC(CNC(=O)CNC(=O)CC1CCCCC1)C(=O)O. The Kier molecular flexibility index (Phi) is 7.74. The first kappa shape index (κ1) is 17.4. The molecule has 1 rings (SSSR count). The summed E-state index contributed by atoms with van der Waals surface area (Å²) in [5.74, 6) is -1.26. The van der Waals surface area contributed by atoms with Crippen LogP contribution in [0.25, 0.3) is 0 Å². The standard InChI is InChI=1S/C14H24N2O5/c1-21-11(14(19)20)8-15-13(18)9-16-12(17)7-10-5-3-2-4-6-10/h10-11H,2-9H2,1H3,(H,15,18)(H,16,17)(H,19,20). The maximum atomic E-state index is 11.7. The maximum Gasteiger partial charge on any atom is 0.334 e. The van der Waals surface area contributed by atoms with Gasteiger partial charge in [0.05, 0.1) is 13.1 Å². The van der Waals surface area contributed by atoms with E-state index >= 15 is 0 Å². The van der Waals surface area contributed by atoms with Crippen LogP contribution in [-0.4, -0.2) is 49.2 Å². The third-order valence-corrected chi connectivity index (χ3v) is 3.69. The van der Waals surface area contributed by atoms with Gasteiger partial charge in [0.2, 0.25) is 11.8 Å². The van der Waals surface area contributed by atoms with Gasteiger partial charge in [0.1, 0.15) is 0 Å². The highest BCUT2D eigenvalue weighted by molar-refractivity contribution is 5.85. The van der Waals surface area contributed by atoms with Crippen LogP contribution >= 0.6 is 0 Å². The summed E-state index contributed by atoms with van der Waals surface area (Å²) < 4.78 is 4.69. The van der Waals surface area contributed by atoms with Crippen molar-refractivity contribution in [1.29, 1.82) is 0 Å². The van der Waals surface area contributed by atoms with Gasteiger partial charge in [-0.25, -0.2) is 4.79 Å². The zero-order valence-corrected chi connectivity index (χ0v) is 12.4. The monoisotopic (exact) mass is 300 g/mol. The van der Waals surface area contributed by atoms with Crippen LogP contribution in [0.4, 0.5) is 0 Å². The second-order valence-electron chi connectivity index (χ2n) is 5.35. The fourth-order valence-electron chi connectivity index (χ4n) is 2.44. The van der Waals surface area contributed by atoms with Crippen molar-refractivity contribution in [3.63, 3.8) is 0 Å². The van der Waals surface area contributed by atoms with Gasteiger partial charge >= 0.3 is 5.97 Å². The van der Waals surface area contributed by atoms with E-state index in [-0.39, 0.29) is 19.0 Å². The maximum absolute atomic E-state index is 11.7. The number of aliphatic carboxylic acids is 1. The van der Waals surface area contributed by atoms with Crippen molar-refractivity contribution in [1.82, 2.24) is 10.6 Å². The van der Waals surface area contributed by atoms with Crippen molar-refractivity contribution in [2.75, 3.05) is 20.2 Å². The van der Waals surface area contributed by atoms with E-state index in [4.69, 9.17) is 5.11 Å². The number of hydrogen-bond acceptors (Lipinski definition) is 4. The molecule has 1 atom stereocenters. The summed E-state index contributed by atoms with van der Waals surface area (Å²) in [6, 6.07) is 0. The molecule has 1 aliphatic rings. The molecular formula is C14H24N2O5. The first-order valence-corrected chi connectivity index (χ1v) is 7.32. The molecule has 0 aliphatic heterocycles. The molecule has 0 spiro atoms. The Hall–Kier alpha value is -1.63. The Bertz CT molecular complexity index is 366. The molecule has 7 heteroatoms. The molecule has 0 aromatic carbocycles. The molecule has 1 unspecified atom stereocenters. The van der Waals surface area contributed by atoms with Gasteiger partial charge in [0, 0.05) is 13.5 Å². The molecular weight excluding hydrogens is 276 g/mol. The van der Waals surface area contributed by atoms with Crippen molar-refractivity contribution in [3.8, 4) is 0 Å². The van der Waals surface area contributed by atoms with Gasteiger partial charge in [-0.05, 0) is 18.8 Å². The highest BCUT2D eigenvalue weighted by Crippen LogP contribution is 2.25. The lowest BCUT2D eigenvalue weighted by molar-refractivity contribution is -0.148. The van der Waals surface area contributed by atoms with E-state index in [2.05, 4.69) is 15.4 Å². The molecule has 2 amide bonds. The minimum absolute atomic E-state index is 0.122. The lowest BCUT2D eigenvalue weighted by atomic mass is 9.87. The highest BCUT2D eigenvalue weighted by Gasteiger charge is 2.19. The van der Waals surface area contributed by atoms with Gasteiger partial charge in [-0.15, -0.1) is 0 Å². The Morgan fingerprint density at radius 2 is 1.81 bits per heavy atom. The predicted molar refractivity (Wildman–Crippen MR) is 75.6 cm³/mol. The Morgan fingerprint density at radius 3 is 2.38 bits per heavy atom. The van der Waals surface area contributed by atoms with Crippen molar-refractivity contribution < 1.29 is 24.2 Å². The molecule has 7 nitrogen and oxygen atoms in total. The van der Waals surface area contributed by atoms with Crippen LogP contribution in [0.5, 0.6) is 0 Å². The Labute approximate surface area is 124 Å². The van der Waals surface area contributed by atoms with Crippen molar-refractivity contribution in [2.45, 2.75) is 44.6 Å². The number of amides is 2. The number of hydrogen-bond donors (Lipinski definition) is 3. The lowest BCUT2D eigenvalue weighted by Crippen LogP contribution is -2.42. The summed E-state index contributed by atoms with van der Waals surface area (Å²) in [6.45, 7) is -0.259.